The molecule has 45 heavy (non-hydrogen) atoms. The van der Waals surface area contributed by atoms with Gasteiger partial charge in [-0.1, -0.05) is 133 Å². The van der Waals surface area contributed by atoms with Crippen LogP contribution in [0.4, 0.5) is 0 Å². The second-order valence-corrected chi connectivity index (χ2v) is 11.7. The molecule has 2 unspecified atom stereocenters. The largest absolute Gasteiger partial charge is 0.455 e. The number of nitrogens with one attached hydrogen (secondary N) is 2. The summed E-state index contributed by atoms with van der Waals surface area (Å²) in [6.45, 7) is 0. The molecule has 4 heteroatoms. The number of benzene rings is 7. The summed E-state index contributed by atoms with van der Waals surface area (Å²) in [5, 5.41) is 14.5. The Bertz CT molecular complexity index is 2390. The SMILES string of the molecule is c1ccc(C2N=C(c3ccc4c(c3)oc3c(-c5ccc6c(ccc7ccccc76)c5)cccc34)NC(c3ccccc3)N2)cc1. The Kier molecular flexibility index (Phi) is 6.00. The van der Waals surface area contributed by atoms with E-state index < -0.39 is 0 Å². The van der Waals surface area contributed by atoms with Crippen molar-refractivity contribution in [1.82, 2.24) is 10.6 Å². The zero-order valence-electron chi connectivity index (χ0n) is 24.4. The van der Waals surface area contributed by atoms with Gasteiger partial charge in [-0.15, -0.1) is 0 Å². The maximum absolute atomic E-state index is 6.68. The van der Waals surface area contributed by atoms with Gasteiger partial charge >= 0.3 is 0 Å². The Hall–Kier alpha value is -5.71. The van der Waals surface area contributed by atoms with Crippen LogP contribution in [0.15, 0.2) is 161 Å². The van der Waals surface area contributed by atoms with Crippen molar-refractivity contribution < 1.29 is 4.42 Å². The van der Waals surface area contributed by atoms with Gasteiger partial charge in [0.15, 0.2) is 0 Å². The Labute approximate surface area is 260 Å². The minimum atomic E-state index is -0.185. The minimum absolute atomic E-state index is 0.0908. The fourth-order valence-electron chi connectivity index (χ4n) is 6.68. The zero-order chi connectivity index (χ0) is 29.7. The molecular weight excluding hydrogens is 550 g/mol. The Morgan fingerprint density at radius 2 is 1.20 bits per heavy atom. The highest BCUT2D eigenvalue weighted by Gasteiger charge is 2.25. The summed E-state index contributed by atoms with van der Waals surface area (Å²) in [5.41, 5.74) is 7.24. The molecule has 2 N–H and O–H groups in total. The minimum Gasteiger partial charge on any atom is -0.455 e. The van der Waals surface area contributed by atoms with E-state index in [9.17, 15) is 0 Å². The first-order valence-corrected chi connectivity index (χ1v) is 15.4. The molecule has 0 amide bonds. The molecule has 2 heterocycles. The van der Waals surface area contributed by atoms with Crippen LogP contribution in [0.25, 0.3) is 54.6 Å². The van der Waals surface area contributed by atoms with Crippen LogP contribution >= 0.6 is 0 Å². The molecule has 214 valence electrons. The first kappa shape index (κ1) is 25.8. The fourth-order valence-corrected chi connectivity index (χ4v) is 6.68. The van der Waals surface area contributed by atoms with Crippen molar-refractivity contribution >= 4 is 49.3 Å². The molecule has 2 atom stereocenters. The number of hydrogen-bond donors (Lipinski definition) is 2. The van der Waals surface area contributed by atoms with Gasteiger partial charge in [0.1, 0.15) is 29.3 Å². The molecule has 1 aliphatic heterocycles. The van der Waals surface area contributed by atoms with Gasteiger partial charge in [-0.2, -0.15) is 0 Å². The van der Waals surface area contributed by atoms with E-state index in [4.69, 9.17) is 9.41 Å². The van der Waals surface area contributed by atoms with Gasteiger partial charge in [-0.25, -0.2) is 4.99 Å². The lowest BCUT2D eigenvalue weighted by molar-refractivity contribution is 0.409. The first-order valence-electron chi connectivity index (χ1n) is 15.4. The van der Waals surface area contributed by atoms with Crippen molar-refractivity contribution in [3.8, 4) is 11.1 Å². The Morgan fingerprint density at radius 3 is 2.07 bits per heavy atom. The normalized spacial score (nSPS) is 16.7. The van der Waals surface area contributed by atoms with Gasteiger partial charge in [0.25, 0.3) is 0 Å². The standard InChI is InChI=1S/C41H29N3O/c1-3-11-27(12-4-1)39-42-40(28-13-5-2-6-14-28)44-41(43-39)31-21-23-35-36-17-9-16-34(38(36)45-37(35)25-31)30-20-22-33-29(24-30)19-18-26-10-7-8-15-32(26)33/h1-25,39-40,42H,(H,43,44). The summed E-state index contributed by atoms with van der Waals surface area (Å²) in [7, 11) is 0. The summed E-state index contributed by atoms with van der Waals surface area (Å²) >= 11 is 0. The predicted molar refractivity (Wildman–Crippen MR) is 185 cm³/mol. The molecule has 0 bridgehead atoms. The average molecular weight is 580 g/mol. The van der Waals surface area contributed by atoms with E-state index in [0.29, 0.717) is 0 Å². The van der Waals surface area contributed by atoms with Crippen LogP contribution < -0.4 is 10.6 Å². The third kappa shape index (κ3) is 4.46. The zero-order valence-corrected chi connectivity index (χ0v) is 24.4. The average Bonchev–Trinajstić information content (AvgIpc) is 3.50. The summed E-state index contributed by atoms with van der Waals surface area (Å²) in [5.74, 6) is 0.834. The molecule has 1 aliphatic rings. The molecule has 0 aliphatic carbocycles. The third-order valence-corrected chi connectivity index (χ3v) is 8.94. The van der Waals surface area contributed by atoms with Gasteiger partial charge in [-0.3, -0.25) is 5.32 Å². The van der Waals surface area contributed by atoms with Crippen LogP contribution in [0.1, 0.15) is 29.0 Å². The lowest BCUT2D eigenvalue weighted by Gasteiger charge is -2.32. The Balaban J connectivity index is 1.14. The van der Waals surface area contributed by atoms with Gasteiger partial charge in [0.2, 0.25) is 0 Å². The Morgan fingerprint density at radius 1 is 0.511 bits per heavy atom. The predicted octanol–water partition coefficient (Wildman–Crippen LogP) is 9.90. The van der Waals surface area contributed by atoms with Crippen LogP contribution in [-0.2, 0) is 0 Å². The summed E-state index contributed by atoms with van der Waals surface area (Å²) < 4.78 is 6.68. The van der Waals surface area contributed by atoms with Crippen LogP contribution in [0.5, 0.6) is 0 Å². The van der Waals surface area contributed by atoms with Gasteiger partial charge in [0.05, 0.1) is 0 Å². The van der Waals surface area contributed by atoms with Gasteiger partial charge in [0, 0.05) is 21.9 Å². The van der Waals surface area contributed by atoms with Crippen molar-refractivity contribution in [2.45, 2.75) is 12.3 Å². The van der Waals surface area contributed by atoms with E-state index in [1.165, 1.54) is 21.5 Å². The van der Waals surface area contributed by atoms with E-state index in [1.807, 2.05) is 12.1 Å². The number of para-hydroxylation sites is 1. The molecule has 0 spiro atoms. The van der Waals surface area contributed by atoms with Crippen molar-refractivity contribution in [3.63, 3.8) is 0 Å². The first-order chi connectivity index (χ1) is 22.3. The summed E-state index contributed by atoms with van der Waals surface area (Å²) in [6.07, 6.45) is -0.275. The molecule has 1 aromatic heterocycles. The van der Waals surface area contributed by atoms with Crippen LogP contribution in [-0.4, -0.2) is 5.84 Å². The lowest BCUT2D eigenvalue weighted by Crippen LogP contribution is -2.44. The molecule has 4 nitrogen and oxygen atoms in total. The number of hydrogen-bond acceptors (Lipinski definition) is 4. The van der Waals surface area contributed by atoms with E-state index in [-0.39, 0.29) is 12.3 Å². The topological polar surface area (TPSA) is 49.6 Å². The van der Waals surface area contributed by atoms with E-state index in [1.54, 1.807) is 0 Å². The van der Waals surface area contributed by atoms with Gasteiger partial charge in [-0.05, 0) is 56.4 Å². The highest BCUT2D eigenvalue weighted by atomic mass is 16.3. The fraction of sp³-hybridized carbons (Fsp3) is 0.0488. The van der Waals surface area contributed by atoms with Crippen molar-refractivity contribution in [2.24, 2.45) is 4.99 Å². The third-order valence-electron chi connectivity index (χ3n) is 8.94. The lowest BCUT2D eigenvalue weighted by atomic mass is 9.96. The highest BCUT2D eigenvalue weighted by molar-refractivity contribution is 6.13. The van der Waals surface area contributed by atoms with E-state index in [0.717, 1.165) is 55.6 Å². The maximum Gasteiger partial charge on any atom is 0.143 e. The number of rotatable bonds is 4. The summed E-state index contributed by atoms with van der Waals surface area (Å²) in [6, 6.07) is 53.4. The maximum atomic E-state index is 6.68. The molecule has 7 aromatic carbocycles. The number of fused-ring (bicyclic) bond motifs is 6. The van der Waals surface area contributed by atoms with E-state index in [2.05, 4.69) is 150 Å². The second kappa shape index (κ2) is 10.5. The number of amidine groups is 1. The molecule has 0 radical (unpaired) electrons. The molecule has 0 fully saturated rings. The summed E-state index contributed by atoms with van der Waals surface area (Å²) in [4.78, 5) is 5.13. The van der Waals surface area contributed by atoms with Crippen molar-refractivity contribution in [2.75, 3.05) is 0 Å². The smallest absolute Gasteiger partial charge is 0.143 e. The molecule has 0 saturated carbocycles. The highest BCUT2D eigenvalue weighted by Crippen LogP contribution is 2.38. The van der Waals surface area contributed by atoms with Crippen molar-refractivity contribution in [1.29, 1.82) is 0 Å². The monoisotopic (exact) mass is 579 g/mol. The van der Waals surface area contributed by atoms with Crippen molar-refractivity contribution in [3.05, 3.63) is 168 Å². The van der Waals surface area contributed by atoms with E-state index >= 15 is 0 Å². The molecular formula is C41H29N3O. The number of nitrogens with zero attached hydrogens (tertiary/aromatic N) is 1. The molecule has 9 rings (SSSR count). The quantitative estimate of drug-likeness (QED) is 0.204. The van der Waals surface area contributed by atoms with Gasteiger partial charge < -0.3 is 9.73 Å². The number of furan rings is 1. The van der Waals surface area contributed by atoms with Crippen LogP contribution in [0.2, 0.25) is 0 Å². The number of aliphatic imine (C=N–C) groups is 1. The second-order valence-electron chi connectivity index (χ2n) is 11.7. The van der Waals surface area contributed by atoms with Crippen LogP contribution in [0, 0.1) is 0 Å². The van der Waals surface area contributed by atoms with Crippen LogP contribution in [0.3, 0.4) is 0 Å². The molecule has 8 aromatic rings. The molecule has 0 saturated heterocycles.